The van der Waals surface area contributed by atoms with E-state index >= 15 is 0 Å². The van der Waals surface area contributed by atoms with E-state index in [-0.39, 0.29) is 17.0 Å². The molecule has 0 unspecified atom stereocenters. The maximum absolute atomic E-state index is 13.6. The number of nitrogens with zero attached hydrogens (tertiary/aromatic N) is 1. The van der Waals surface area contributed by atoms with E-state index in [0.29, 0.717) is 12.3 Å². The molecule has 0 amide bonds. The molecule has 6 heteroatoms. The van der Waals surface area contributed by atoms with Crippen LogP contribution in [0.5, 0.6) is 5.75 Å². The van der Waals surface area contributed by atoms with Crippen molar-refractivity contribution in [3.63, 3.8) is 0 Å². The van der Waals surface area contributed by atoms with Gasteiger partial charge in [0.1, 0.15) is 17.3 Å². The van der Waals surface area contributed by atoms with Crippen LogP contribution in [0.4, 0.5) is 17.6 Å². The number of hydrogen-bond acceptors (Lipinski definition) is 2. The zero-order valence-electron chi connectivity index (χ0n) is 8.87. The third-order valence-corrected chi connectivity index (χ3v) is 2.33. The summed E-state index contributed by atoms with van der Waals surface area (Å²) in [5.74, 6) is -1.38. The van der Waals surface area contributed by atoms with Gasteiger partial charge < -0.3 is 5.11 Å². The molecule has 0 atom stereocenters. The summed E-state index contributed by atoms with van der Waals surface area (Å²) in [4.78, 5) is 3.42. The monoisotopic (exact) mass is 257 g/mol. The van der Waals surface area contributed by atoms with E-state index in [1.165, 1.54) is 24.3 Å². The molecule has 2 rings (SSSR count). The number of para-hydroxylation sites is 1. The van der Waals surface area contributed by atoms with Crippen LogP contribution in [0, 0.1) is 5.82 Å². The summed E-state index contributed by atoms with van der Waals surface area (Å²) in [6.45, 7) is 0. The number of halogens is 4. The first-order valence-electron chi connectivity index (χ1n) is 4.90. The Kier molecular flexibility index (Phi) is 2.94. The van der Waals surface area contributed by atoms with Crippen molar-refractivity contribution in [2.24, 2.45) is 0 Å². The highest BCUT2D eigenvalue weighted by Crippen LogP contribution is 2.33. The van der Waals surface area contributed by atoms with Crippen LogP contribution in [0.1, 0.15) is 5.56 Å². The molecule has 0 saturated heterocycles. The van der Waals surface area contributed by atoms with Gasteiger partial charge in [0, 0.05) is 11.8 Å². The van der Waals surface area contributed by atoms with Crippen molar-refractivity contribution >= 4 is 0 Å². The van der Waals surface area contributed by atoms with Gasteiger partial charge in [-0.1, -0.05) is 12.1 Å². The van der Waals surface area contributed by atoms with Gasteiger partial charge in [-0.15, -0.1) is 0 Å². The molecule has 0 fully saturated rings. The van der Waals surface area contributed by atoms with Crippen LogP contribution in [0.25, 0.3) is 11.3 Å². The van der Waals surface area contributed by atoms with Crippen LogP contribution in [0.2, 0.25) is 0 Å². The fourth-order valence-electron chi connectivity index (χ4n) is 1.47. The number of hydrogen-bond donors (Lipinski definition) is 1. The largest absolute Gasteiger partial charge is 0.507 e. The molecule has 0 aliphatic rings. The van der Waals surface area contributed by atoms with Gasteiger partial charge in [-0.25, -0.2) is 4.39 Å². The summed E-state index contributed by atoms with van der Waals surface area (Å²) < 4.78 is 50.5. The Morgan fingerprint density at radius 3 is 2.33 bits per heavy atom. The Labute approximate surface area is 99.5 Å². The summed E-state index contributed by atoms with van der Waals surface area (Å²) in [6, 6.07) is 6.06. The van der Waals surface area contributed by atoms with Crippen molar-refractivity contribution in [2.45, 2.75) is 6.18 Å². The van der Waals surface area contributed by atoms with Gasteiger partial charge >= 0.3 is 6.18 Å². The molecule has 0 bridgehead atoms. The van der Waals surface area contributed by atoms with Crippen molar-refractivity contribution < 1.29 is 22.7 Å². The summed E-state index contributed by atoms with van der Waals surface area (Å²) in [5.41, 5.74) is -1.44. The van der Waals surface area contributed by atoms with Gasteiger partial charge in [-0.3, -0.25) is 4.98 Å². The number of rotatable bonds is 1. The molecular weight excluding hydrogens is 250 g/mol. The van der Waals surface area contributed by atoms with Crippen LogP contribution >= 0.6 is 0 Å². The topological polar surface area (TPSA) is 33.1 Å². The second-order valence-electron chi connectivity index (χ2n) is 3.57. The predicted molar refractivity (Wildman–Crippen MR) is 56.3 cm³/mol. The van der Waals surface area contributed by atoms with Gasteiger partial charge in [0.15, 0.2) is 0 Å². The third-order valence-electron chi connectivity index (χ3n) is 2.33. The summed E-state index contributed by atoms with van der Waals surface area (Å²) in [7, 11) is 0. The number of phenolic OH excluding ortho intramolecular Hbond substituents is 1. The van der Waals surface area contributed by atoms with E-state index in [1.54, 1.807) is 0 Å². The van der Waals surface area contributed by atoms with Crippen LogP contribution < -0.4 is 0 Å². The van der Waals surface area contributed by atoms with Crippen molar-refractivity contribution in [3.05, 3.63) is 47.9 Å². The number of phenols is 1. The molecular formula is C12H7F4NO. The van der Waals surface area contributed by atoms with E-state index in [2.05, 4.69) is 4.98 Å². The molecule has 0 radical (unpaired) electrons. The molecule has 1 aromatic carbocycles. The average molecular weight is 257 g/mol. The molecule has 2 nitrogen and oxygen atoms in total. The normalized spacial score (nSPS) is 11.6. The summed E-state index contributed by atoms with van der Waals surface area (Å²) in [6.07, 6.45) is -4.12. The standard InChI is InChI=1S/C12H7F4NO/c13-9-5-7(12(14,15)16)6-17-11(9)8-3-1-2-4-10(8)18/h1-6,18H. The lowest BCUT2D eigenvalue weighted by Crippen LogP contribution is -2.06. The van der Waals surface area contributed by atoms with E-state index < -0.39 is 17.6 Å². The van der Waals surface area contributed by atoms with E-state index in [9.17, 15) is 22.7 Å². The average Bonchev–Trinajstić information content (AvgIpc) is 2.29. The first-order chi connectivity index (χ1) is 8.39. The lowest BCUT2D eigenvalue weighted by molar-refractivity contribution is -0.138. The first kappa shape index (κ1) is 12.3. The number of aromatic hydroxyl groups is 1. The summed E-state index contributed by atoms with van der Waals surface area (Å²) >= 11 is 0. The minimum Gasteiger partial charge on any atom is -0.507 e. The first-order valence-corrected chi connectivity index (χ1v) is 4.90. The number of aromatic nitrogens is 1. The maximum Gasteiger partial charge on any atom is 0.417 e. The second-order valence-corrected chi connectivity index (χ2v) is 3.57. The Morgan fingerprint density at radius 2 is 1.78 bits per heavy atom. The zero-order valence-corrected chi connectivity index (χ0v) is 8.87. The maximum atomic E-state index is 13.6. The van der Waals surface area contributed by atoms with Crippen molar-refractivity contribution in [3.8, 4) is 17.0 Å². The molecule has 0 aliphatic carbocycles. The third kappa shape index (κ3) is 2.27. The number of pyridine rings is 1. The lowest BCUT2D eigenvalue weighted by Gasteiger charge is -2.09. The van der Waals surface area contributed by atoms with Gasteiger partial charge in [-0.2, -0.15) is 13.2 Å². The fourth-order valence-corrected chi connectivity index (χ4v) is 1.47. The van der Waals surface area contributed by atoms with E-state index in [4.69, 9.17) is 0 Å². The number of benzene rings is 1. The molecule has 18 heavy (non-hydrogen) atoms. The SMILES string of the molecule is Oc1ccccc1-c1ncc(C(F)(F)F)cc1F. The minimum absolute atomic E-state index is 0.0451. The van der Waals surface area contributed by atoms with Gasteiger partial charge in [0.05, 0.1) is 5.56 Å². The van der Waals surface area contributed by atoms with Crippen LogP contribution in [-0.4, -0.2) is 10.1 Å². The molecule has 94 valence electrons. The minimum atomic E-state index is -4.65. The lowest BCUT2D eigenvalue weighted by atomic mass is 10.1. The number of alkyl halides is 3. The second kappa shape index (κ2) is 4.29. The Balaban J connectivity index is 2.52. The fraction of sp³-hybridized carbons (Fsp3) is 0.0833. The van der Waals surface area contributed by atoms with E-state index in [0.717, 1.165) is 0 Å². The Bertz CT molecular complexity index is 581. The molecule has 0 aliphatic heterocycles. The predicted octanol–water partition coefficient (Wildman–Crippen LogP) is 3.61. The highest BCUT2D eigenvalue weighted by atomic mass is 19.4. The van der Waals surface area contributed by atoms with Crippen molar-refractivity contribution in [2.75, 3.05) is 0 Å². The van der Waals surface area contributed by atoms with Gasteiger partial charge in [0.25, 0.3) is 0 Å². The van der Waals surface area contributed by atoms with Crippen LogP contribution in [0.15, 0.2) is 36.5 Å². The molecule has 1 N–H and O–H groups in total. The summed E-state index contributed by atoms with van der Waals surface area (Å²) in [5, 5.41) is 9.49. The van der Waals surface area contributed by atoms with Gasteiger partial charge in [0.2, 0.25) is 0 Å². The molecule has 2 aromatic rings. The molecule has 0 saturated carbocycles. The van der Waals surface area contributed by atoms with Crippen molar-refractivity contribution in [1.82, 2.24) is 4.98 Å². The zero-order chi connectivity index (χ0) is 13.3. The van der Waals surface area contributed by atoms with Crippen molar-refractivity contribution in [1.29, 1.82) is 0 Å². The smallest absolute Gasteiger partial charge is 0.417 e. The Hall–Kier alpha value is -2.11. The highest BCUT2D eigenvalue weighted by molar-refractivity contribution is 5.67. The molecule has 1 heterocycles. The van der Waals surface area contributed by atoms with E-state index in [1.807, 2.05) is 0 Å². The highest BCUT2D eigenvalue weighted by Gasteiger charge is 2.32. The molecule has 1 aromatic heterocycles. The van der Waals surface area contributed by atoms with Gasteiger partial charge in [-0.05, 0) is 18.2 Å². The van der Waals surface area contributed by atoms with Crippen LogP contribution in [-0.2, 0) is 6.18 Å². The molecule has 0 spiro atoms. The Morgan fingerprint density at radius 1 is 1.11 bits per heavy atom. The van der Waals surface area contributed by atoms with Crippen LogP contribution in [0.3, 0.4) is 0 Å². The quantitative estimate of drug-likeness (QED) is 0.791.